The van der Waals surface area contributed by atoms with E-state index >= 15 is 0 Å². The summed E-state index contributed by atoms with van der Waals surface area (Å²) in [4.78, 5) is 14.1. The Morgan fingerprint density at radius 1 is 1.16 bits per heavy atom. The molecule has 3 N–H and O–H groups in total. The Morgan fingerprint density at radius 3 is 2.73 bits per heavy atom. The highest BCUT2D eigenvalue weighted by molar-refractivity contribution is 7.71. The molecule has 2 heterocycles. The number of aromatic nitrogens is 4. The number of rotatable bonds is 9. The van der Waals surface area contributed by atoms with Crippen molar-refractivity contribution in [1.82, 2.24) is 20.2 Å². The van der Waals surface area contributed by atoms with Gasteiger partial charge in [0.25, 0.3) is 0 Å². The fourth-order valence-electron chi connectivity index (χ4n) is 4.52. The highest BCUT2D eigenvalue weighted by Crippen LogP contribution is 2.41. The van der Waals surface area contributed by atoms with Crippen LogP contribution in [0.15, 0.2) is 72.8 Å². The number of carboxylic acid groups (broad SMARTS) is 1. The van der Waals surface area contributed by atoms with Gasteiger partial charge in [-0.25, -0.2) is 9.48 Å². The first-order valence-corrected chi connectivity index (χ1v) is 12.1. The van der Waals surface area contributed by atoms with Gasteiger partial charge in [0.05, 0.1) is 11.8 Å². The van der Waals surface area contributed by atoms with Crippen LogP contribution in [0.3, 0.4) is 0 Å². The minimum absolute atomic E-state index is 0.220. The second-order valence-electron chi connectivity index (χ2n) is 8.58. The second kappa shape index (κ2) is 10.8. The number of nitrogens with one attached hydrogen (secondary N) is 2. The van der Waals surface area contributed by atoms with Crippen molar-refractivity contribution in [2.45, 2.75) is 25.1 Å². The van der Waals surface area contributed by atoms with E-state index in [1.165, 1.54) is 0 Å². The van der Waals surface area contributed by atoms with Crippen LogP contribution >= 0.6 is 12.2 Å². The molecule has 0 amide bonds. The van der Waals surface area contributed by atoms with Gasteiger partial charge < -0.3 is 24.8 Å². The minimum Gasteiger partial charge on any atom is -0.480 e. The van der Waals surface area contributed by atoms with Crippen LogP contribution in [0.25, 0.3) is 5.69 Å². The van der Waals surface area contributed by atoms with Gasteiger partial charge in [-0.2, -0.15) is 5.21 Å². The zero-order valence-electron chi connectivity index (χ0n) is 20.1. The molecule has 1 aliphatic heterocycles. The van der Waals surface area contributed by atoms with Crippen LogP contribution in [0.5, 0.6) is 5.75 Å². The third-order valence-electron chi connectivity index (χ3n) is 6.33. The molecule has 5 rings (SSSR count). The normalized spacial score (nSPS) is 16.7. The molecular formula is C26H26N6O4S. The van der Waals surface area contributed by atoms with Crippen LogP contribution in [0.4, 0.5) is 11.4 Å². The average molecular weight is 519 g/mol. The predicted octanol–water partition coefficient (Wildman–Crippen LogP) is 4.32. The molecule has 37 heavy (non-hydrogen) atoms. The Bertz CT molecular complexity index is 1440. The summed E-state index contributed by atoms with van der Waals surface area (Å²) in [7, 11) is 1.60. The highest BCUT2D eigenvalue weighted by Gasteiger charge is 2.37. The molecule has 0 saturated heterocycles. The lowest BCUT2D eigenvalue weighted by molar-refractivity contribution is -0.139. The summed E-state index contributed by atoms with van der Waals surface area (Å²) in [5.41, 5.74) is 4.39. The van der Waals surface area contributed by atoms with E-state index < -0.39 is 12.0 Å². The number of carbonyl (C=O) groups is 1. The van der Waals surface area contributed by atoms with Crippen molar-refractivity contribution in [2.24, 2.45) is 0 Å². The van der Waals surface area contributed by atoms with Gasteiger partial charge in [-0.3, -0.25) is 0 Å². The quantitative estimate of drug-likeness (QED) is 0.220. The molecule has 190 valence electrons. The number of anilines is 2. The van der Waals surface area contributed by atoms with E-state index in [0.29, 0.717) is 23.5 Å². The zero-order chi connectivity index (χ0) is 25.8. The third-order valence-corrected chi connectivity index (χ3v) is 6.59. The van der Waals surface area contributed by atoms with Crippen molar-refractivity contribution in [2.75, 3.05) is 24.1 Å². The van der Waals surface area contributed by atoms with Gasteiger partial charge in [0.1, 0.15) is 11.8 Å². The summed E-state index contributed by atoms with van der Waals surface area (Å²) in [5.74, 6) is -0.222. The molecule has 2 atom stereocenters. The molecule has 0 fully saturated rings. The molecule has 0 bridgehead atoms. The molecule has 2 unspecified atom stereocenters. The van der Waals surface area contributed by atoms with Crippen LogP contribution < -0.4 is 15.0 Å². The van der Waals surface area contributed by atoms with Crippen LogP contribution in [0.1, 0.15) is 23.7 Å². The Morgan fingerprint density at radius 2 is 2.00 bits per heavy atom. The predicted molar refractivity (Wildman–Crippen MR) is 141 cm³/mol. The Labute approximate surface area is 218 Å². The molecule has 11 heteroatoms. The molecule has 0 aliphatic carbocycles. The van der Waals surface area contributed by atoms with Crippen molar-refractivity contribution >= 4 is 29.6 Å². The van der Waals surface area contributed by atoms with Gasteiger partial charge in [-0.1, -0.05) is 46.7 Å². The molecule has 3 aromatic carbocycles. The summed E-state index contributed by atoms with van der Waals surface area (Å²) in [6.07, 6.45) is -0.0190. The first kappa shape index (κ1) is 24.5. The van der Waals surface area contributed by atoms with E-state index in [1.807, 2.05) is 77.7 Å². The molecule has 0 spiro atoms. The summed E-state index contributed by atoms with van der Waals surface area (Å²) < 4.78 is 13.6. The molecule has 1 aliphatic rings. The number of ether oxygens (including phenoxy) is 2. The van der Waals surface area contributed by atoms with Crippen molar-refractivity contribution in [3.8, 4) is 11.4 Å². The van der Waals surface area contributed by atoms with Crippen LogP contribution in [0, 0.1) is 4.77 Å². The number of benzene rings is 3. The zero-order valence-corrected chi connectivity index (χ0v) is 20.9. The van der Waals surface area contributed by atoms with E-state index in [1.54, 1.807) is 11.8 Å². The van der Waals surface area contributed by atoms with Crippen LogP contribution in [-0.2, 0) is 16.1 Å². The minimum atomic E-state index is -0.873. The van der Waals surface area contributed by atoms with Gasteiger partial charge >= 0.3 is 5.97 Å². The van der Waals surface area contributed by atoms with E-state index in [-0.39, 0.29) is 12.8 Å². The topological polar surface area (TPSA) is 118 Å². The summed E-state index contributed by atoms with van der Waals surface area (Å²) >= 11 is 5.16. The lowest BCUT2D eigenvalue weighted by Crippen LogP contribution is -2.45. The number of aliphatic carboxylic acids is 1. The number of tetrazole rings is 1. The van der Waals surface area contributed by atoms with Crippen molar-refractivity contribution in [3.05, 3.63) is 88.7 Å². The number of hydrogen-bond donors (Lipinski definition) is 3. The summed E-state index contributed by atoms with van der Waals surface area (Å²) in [6, 6.07) is 22.4. The fraction of sp³-hybridized carbons (Fsp3) is 0.231. The maximum absolute atomic E-state index is 12.1. The highest BCUT2D eigenvalue weighted by atomic mass is 32.1. The lowest BCUT2D eigenvalue weighted by atomic mass is 9.92. The molecule has 1 aromatic heterocycles. The standard InChI is InChI=1S/C26H26N6O4S/c1-35-24-14-23(25(33)34)31(15-17-6-3-2-4-7-17)22-11-10-20(13-21(22)24)36-16-27-18-8-5-9-19(12-18)32-26(37)28-29-30-32/h2-13,23-24,27H,14-16H2,1H3,(H,33,34)(H,28,30,37). The second-order valence-corrected chi connectivity index (χ2v) is 8.95. The average Bonchev–Trinajstić information content (AvgIpc) is 3.35. The van der Waals surface area contributed by atoms with Crippen molar-refractivity contribution < 1.29 is 19.4 Å². The van der Waals surface area contributed by atoms with Gasteiger partial charge in [0.15, 0.2) is 6.73 Å². The van der Waals surface area contributed by atoms with Crippen LogP contribution in [0.2, 0.25) is 0 Å². The van der Waals surface area contributed by atoms with Gasteiger partial charge in [0.2, 0.25) is 4.77 Å². The maximum atomic E-state index is 12.1. The largest absolute Gasteiger partial charge is 0.480 e. The summed E-state index contributed by atoms with van der Waals surface area (Å²) in [6.45, 7) is 0.702. The Balaban J connectivity index is 1.33. The van der Waals surface area contributed by atoms with Crippen LogP contribution in [-0.4, -0.2) is 51.2 Å². The van der Waals surface area contributed by atoms with Gasteiger partial charge in [-0.15, -0.1) is 0 Å². The lowest BCUT2D eigenvalue weighted by Gasteiger charge is -2.40. The number of nitrogens with zero attached hydrogens (tertiary/aromatic N) is 4. The number of H-pyrrole nitrogens is 1. The Kier molecular flexibility index (Phi) is 7.15. The third kappa shape index (κ3) is 5.32. The summed E-state index contributed by atoms with van der Waals surface area (Å²) in [5, 5.41) is 23.4. The van der Waals surface area contributed by atoms with E-state index in [0.717, 1.165) is 28.2 Å². The number of methoxy groups -OCH3 is 1. The van der Waals surface area contributed by atoms with Crippen molar-refractivity contribution in [3.63, 3.8) is 0 Å². The van der Waals surface area contributed by atoms with E-state index in [4.69, 9.17) is 21.7 Å². The first-order chi connectivity index (χ1) is 18.0. The van der Waals surface area contributed by atoms with Crippen molar-refractivity contribution in [1.29, 1.82) is 0 Å². The SMILES string of the molecule is COC1CC(C(=O)O)N(Cc2ccccc2)c2ccc(OCNc3cccc(-n4[nH]nnc4=S)c3)cc21. The number of carboxylic acids is 1. The Hall–Kier alpha value is -4.22. The first-order valence-electron chi connectivity index (χ1n) is 11.7. The smallest absolute Gasteiger partial charge is 0.326 e. The molecule has 10 nitrogen and oxygen atoms in total. The monoisotopic (exact) mass is 518 g/mol. The van der Waals surface area contributed by atoms with Gasteiger partial charge in [0, 0.05) is 37.0 Å². The van der Waals surface area contributed by atoms with Gasteiger partial charge in [-0.05, 0) is 54.2 Å². The van der Waals surface area contributed by atoms with E-state index in [9.17, 15) is 9.90 Å². The number of aromatic amines is 1. The molecule has 0 radical (unpaired) electrons. The fourth-order valence-corrected chi connectivity index (χ4v) is 4.71. The molecule has 0 saturated carbocycles. The number of hydrogen-bond acceptors (Lipinski definition) is 8. The molecule has 4 aromatic rings. The molecular weight excluding hydrogens is 492 g/mol. The van der Waals surface area contributed by atoms with E-state index in [2.05, 4.69) is 20.8 Å². The number of fused-ring (bicyclic) bond motifs is 1. The maximum Gasteiger partial charge on any atom is 0.326 e.